The van der Waals surface area contributed by atoms with Crippen molar-refractivity contribution in [2.75, 3.05) is 24.0 Å². The number of nitrogens with one attached hydrogen (secondary N) is 1. The van der Waals surface area contributed by atoms with E-state index in [1.807, 2.05) is 31.2 Å². The Balaban J connectivity index is 1.66. The molecule has 0 spiro atoms. The Labute approximate surface area is 200 Å². The van der Waals surface area contributed by atoms with Crippen molar-refractivity contribution in [1.82, 2.24) is 5.32 Å². The average molecular weight is 487 g/mol. The van der Waals surface area contributed by atoms with E-state index in [1.54, 1.807) is 30.3 Å². The largest absolute Gasteiger partial charge is 0.494 e. The molecule has 1 amide bonds. The zero-order valence-electron chi connectivity index (χ0n) is 18.4. The van der Waals surface area contributed by atoms with Crippen LogP contribution < -0.4 is 14.4 Å². The van der Waals surface area contributed by atoms with E-state index in [-0.39, 0.29) is 17.3 Å². The summed E-state index contributed by atoms with van der Waals surface area (Å²) in [6, 6.07) is 22.3. The zero-order chi connectivity index (χ0) is 23.7. The van der Waals surface area contributed by atoms with Gasteiger partial charge in [0.15, 0.2) is 0 Å². The number of aryl methyl sites for hydroxylation is 1. The Hall–Kier alpha value is -3.03. The van der Waals surface area contributed by atoms with Crippen molar-refractivity contribution in [3.63, 3.8) is 0 Å². The molecule has 0 fully saturated rings. The number of amides is 1. The van der Waals surface area contributed by atoms with E-state index >= 15 is 0 Å². The fourth-order valence-electron chi connectivity index (χ4n) is 3.34. The Morgan fingerprint density at radius 3 is 2.33 bits per heavy atom. The first-order valence-electron chi connectivity index (χ1n) is 10.7. The van der Waals surface area contributed by atoms with Gasteiger partial charge in [0.05, 0.1) is 17.2 Å². The molecule has 0 bridgehead atoms. The van der Waals surface area contributed by atoms with Crippen molar-refractivity contribution >= 4 is 33.2 Å². The zero-order valence-corrected chi connectivity index (χ0v) is 20.0. The molecule has 0 radical (unpaired) electrons. The summed E-state index contributed by atoms with van der Waals surface area (Å²) in [5, 5.41) is 3.26. The van der Waals surface area contributed by atoms with E-state index in [2.05, 4.69) is 5.32 Å². The molecule has 0 aliphatic carbocycles. The maximum atomic E-state index is 13.3. The molecule has 3 rings (SSSR count). The number of rotatable bonds is 11. The van der Waals surface area contributed by atoms with Gasteiger partial charge in [-0.25, -0.2) is 8.42 Å². The summed E-state index contributed by atoms with van der Waals surface area (Å²) in [6.07, 6.45) is 1.44. The number of hydrogen-bond donors (Lipinski definition) is 1. The van der Waals surface area contributed by atoms with Gasteiger partial charge < -0.3 is 10.1 Å². The van der Waals surface area contributed by atoms with Crippen molar-refractivity contribution in [3.05, 3.63) is 89.4 Å². The number of halogens is 1. The topological polar surface area (TPSA) is 75.7 Å². The Morgan fingerprint density at radius 1 is 0.970 bits per heavy atom. The average Bonchev–Trinajstić information content (AvgIpc) is 2.82. The summed E-state index contributed by atoms with van der Waals surface area (Å²) < 4.78 is 33.3. The molecule has 3 aromatic rings. The highest BCUT2D eigenvalue weighted by atomic mass is 35.5. The molecular formula is C25H27ClN2O4S. The second-order valence-corrected chi connectivity index (χ2v) is 9.59. The molecule has 6 nitrogen and oxygen atoms in total. The number of anilines is 1. The number of carbonyl (C=O) groups is 1. The lowest BCUT2D eigenvalue weighted by Gasteiger charge is -2.24. The van der Waals surface area contributed by atoms with Crippen molar-refractivity contribution in [2.24, 2.45) is 0 Å². The van der Waals surface area contributed by atoms with E-state index in [0.717, 1.165) is 22.0 Å². The van der Waals surface area contributed by atoms with Crippen LogP contribution in [0.1, 0.15) is 18.9 Å². The lowest BCUT2D eigenvalue weighted by Crippen LogP contribution is -2.41. The van der Waals surface area contributed by atoms with Gasteiger partial charge in [-0.15, -0.1) is 0 Å². The monoisotopic (exact) mass is 486 g/mol. The Morgan fingerprint density at radius 2 is 1.64 bits per heavy atom. The highest BCUT2D eigenvalue weighted by molar-refractivity contribution is 7.92. The fraction of sp³-hybridized carbons (Fsp3) is 0.240. The minimum Gasteiger partial charge on any atom is -0.494 e. The van der Waals surface area contributed by atoms with E-state index < -0.39 is 10.0 Å². The predicted molar refractivity (Wildman–Crippen MR) is 131 cm³/mol. The Kier molecular flexibility index (Phi) is 8.74. The molecule has 3 aromatic carbocycles. The van der Waals surface area contributed by atoms with Gasteiger partial charge in [0.1, 0.15) is 12.3 Å². The van der Waals surface area contributed by atoms with E-state index in [4.69, 9.17) is 16.3 Å². The minimum atomic E-state index is -3.95. The van der Waals surface area contributed by atoms with Gasteiger partial charge in [-0.05, 0) is 67.8 Å². The number of sulfonamides is 1. The van der Waals surface area contributed by atoms with Gasteiger partial charge >= 0.3 is 0 Å². The first-order chi connectivity index (χ1) is 15.9. The maximum Gasteiger partial charge on any atom is 0.264 e. The lowest BCUT2D eigenvalue weighted by atomic mass is 10.1. The molecule has 0 saturated carbocycles. The van der Waals surface area contributed by atoms with Crippen LogP contribution in [0, 0.1) is 0 Å². The van der Waals surface area contributed by atoms with E-state index in [1.165, 1.54) is 24.3 Å². The van der Waals surface area contributed by atoms with Crippen LogP contribution in [0.15, 0.2) is 83.8 Å². The number of carbonyl (C=O) groups excluding carboxylic acids is 1. The second-order valence-electron chi connectivity index (χ2n) is 7.30. The SMILES string of the molecule is CCOc1ccccc1CCCNC(=O)CN(c1ccccc1)S(=O)(=O)c1ccc(Cl)cc1. The summed E-state index contributed by atoms with van der Waals surface area (Å²) in [7, 11) is -3.95. The highest BCUT2D eigenvalue weighted by Gasteiger charge is 2.27. The smallest absolute Gasteiger partial charge is 0.264 e. The summed E-state index contributed by atoms with van der Waals surface area (Å²) >= 11 is 5.90. The van der Waals surface area contributed by atoms with E-state index in [0.29, 0.717) is 30.3 Å². The maximum absolute atomic E-state index is 13.3. The van der Waals surface area contributed by atoms with Crippen LogP contribution in [0.3, 0.4) is 0 Å². The third-order valence-corrected chi connectivity index (χ3v) is 6.99. The predicted octanol–water partition coefficient (Wildman–Crippen LogP) is 4.68. The molecule has 0 atom stereocenters. The van der Waals surface area contributed by atoms with Crippen molar-refractivity contribution in [1.29, 1.82) is 0 Å². The van der Waals surface area contributed by atoms with Gasteiger partial charge in [-0.3, -0.25) is 9.10 Å². The molecule has 1 N–H and O–H groups in total. The molecule has 0 aliphatic heterocycles. The van der Waals surface area contributed by atoms with Crippen molar-refractivity contribution < 1.29 is 17.9 Å². The third-order valence-electron chi connectivity index (χ3n) is 4.95. The lowest BCUT2D eigenvalue weighted by molar-refractivity contribution is -0.119. The first kappa shape index (κ1) is 24.6. The molecule has 0 heterocycles. The molecule has 8 heteroatoms. The van der Waals surface area contributed by atoms with Crippen LogP contribution in [-0.4, -0.2) is 34.0 Å². The summed E-state index contributed by atoms with van der Waals surface area (Å²) in [4.78, 5) is 12.7. The normalized spacial score (nSPS) is 11.1. The first-order valence-corrected chi connectivity index (χ1v) is 12.5. The van der Waals surface area contributed by atoms with Crippen LogP contribution in [0.2, 0.25) is 5.02 Å². The summed E-state index contributed by atoms with van der Waals surface area (Å²) in [5.74, 6) is 0.463. The quantitative estimate of drug-likeness (QED) is 0.399. The van der Waals surface area contributed by atoms with Crippen LogP contribution >= 0.6 is 11.6 Å². The number of para-hydroxylation sites is 2. The van der Waals surface area contributed by atoms with Crippen LogP contribution in [0.4, 0.5) is 5.69 Å². The molecule has 0 aliphatic rings. The van der Waals surface area contributed by atoms with Gasteiger partial charge in [0, 0.05) is 11.6 Å². The highest BCUT2D eigenvalue weighted by Crippen LogP contribution is 2.24. The second kappa shape index (κ2) is 11.7. The van der Waals surface area contributed by atoms with Gasteiger partial charge in [0.25, 0.3) is 10.0 Å². The molecule has 174 valence electrons. The molecule has 0 saturated heterocycles. The molecule has 33 heavy (non-hydrogen) atoms. The number of benzene rings is 3. The fourth-order valence-corrected chi connectivity index (χ4v) is 4.89. The summed E-state index contributed by atoms with van der Waals surface area (Å²) in [5.41, 5.74) is 1.48. The van der Waals surface area contributed by atoms with Crippen LogP contribution in [0.5, 0.6) is 5.75 Å². The number of ether oxygens (including phenoxy) is 1. The third kappa shape index (κ3) is 6.73. The van der Waals surface area contributed by atoms with Crippen molar-refractivity contribution in [2.45, 2.75) is 24.7 Å². The van der Waals surface area contributed by atoms with Gasteiger partial charge in [0.2, 0.25) is 5.91 Å². The van der Waals surface area contributed by atoms with E-state index in [9.17, 15) is 13.2 Å². The summed E-state index contributed by atoms with van der Waals surface area (Å²) in [6.45, 7) is 2.62. The molecule has 0 aromatic heterocycles. The Bertz CT molecular complexity index is 1150. The van der Waals surface area contributed by atoms with Crippen LogP contribution in [0.25, 0.3) is 0 Å². The van der Waals surface area contributed by atoms with Crippen LogP contribution in [-0.2, 0) is 21.2 Å². The number of nitrogens with zero attached hydrogens (tertiary/aromatic N) is 1. The van der Waals surface area contributed by atoms with Crippen molar-refractivity contribution in [3.8, 4) is 5.75 Å². The van der Waals surface area contributed by atoms with Gasteiger partial charge in [-0.1, -0.05) is 48.0 Å². The molecule has 0 unspecified atom stereocenters. The molecular weight excluding hydrogens is 460 g/mol. The standard InChI is InChI=1S/C25H27ClN2O4S/c1-2-32-24-13-7-6-9-20(24)10-8-18-27-25(29)19-28(22-11-4-3-5-12-22)33(30,31)23-16-14-21(26)15-17-23/h3-7,9,11-17H,2,8,10,18-19H2,1H3,(H,27,29). The minimum absolute atomic E-state index is 0.0658. The van der Waals surface area contributed by atoms with Gasteiger partial charge in [-0.2, -0.15) is 0 Å². The number of hydrogen-bond acceptors (Lipinski definition) is 4.